The first-order chi connectivity index (χ1) is 7.11. The van der Waals surface area contributed by atoms with Crippen LogP contribution in [0.2, 0.25) is 0 Å². The van der Waals surface area contributed by atoms with Gasteiger partial charge >= 0.3 is 0 Å². The lowest BCUT2D eigenvalue weighted by molar-refractivity contribution is 0.594. The molecule has 16 heavy (non-hydrogen) atoms. The first-order valence-electron chi connectivity index (χ1n) is 4.06. The van der Waals surface area contributed by atoms with E-state index in [4.69, 9.17) is 5.73 Å². The molecule has 0 unspecified atom stereocenters. The highest BCUT2D eigenvalue weighted by Crippen LogP contribution is 2.17. The number of aryl methyl sites for hydroxylation is 1. The maximum Gasteiger partial charge on any atom is 0.248 e. The van der Waals surface area contributed by atoms with E-state index >= 15 is 0 Å². The molecule has 0 aliphatic rings. The molecule has 0 bridgehead atoms. The molecule has 10 heteroatoms. The van der Waals surface area contributed by atoms with Gasteiger partial charge in [0.1, 0.15) is 0 Å². The molecule has 1 heterocycles. The van der Waals surface area contributed by atoms with Crippen molar-refractivity contribution in [3.63, 3.8) is 0 Å². The van der Waals surface area contributed by atoms with Crippen molar-refractivity contribution in [2.75, 3.05) is 21.8 Å². The fourth-order valence-electron chi connectivity index (χ4n) is 1.04. The molecule has 8 nitrogen and oxygen atoms in total. The zero-order valence-electron chi connectivity index (χ0n) is 8.71. The lowest BCUT2D eigenvalue weighted by atomic mass is 10.5. The highest BCUT2D eigenvalue weighted by atomic mass is 32.3. The van der Waals surface area contributed by atoms with Gasteiger partial charge in [-0.25, -0.2) is 16.8 Å². The Hall–Kier alpha value is -1.29. The summed E-state index contributed by atoms with van der Waals surface area (Å²) in [6.07, 6.45) is 2.09. The van der Waals surface area contributed by atoms with E-state index in [0.29, 0.717) is 0 Å². The summed E-state index contributed by atoms with van der Waals surface area (Å²) in [6, 6.07) is 0. The predicted molar refractivity (Wildman–Crippen MR) is 59.9 cm³/mol. The first kappa shape index (κ1) is 12.8. The number of rotatable bonds is 4. The van der Waals surface area contributed by atoms with Gasteiger partial charge in [0, 0.05) is 13.3 Å². The van der Waals surface area contributed by atoms with Crippen molar-refractivity contribution in [3.8, 4) is 0 Å². The Morgan fingerprint density at radius 2 is 2.00 bits per heavy atom. The monoisotopic (exact) mass is 268 g/mol. The van der Waals surface area contributed by atoms with E-state index in [1.54, 1.807) is 0 Å². The molecule has 3 N–H and O–H groups in total. The minimum absolute atomic E-state index is 0.0450. The minimum Gasteiger partial charge on any atom is -0.394 e. The van der Waals surface area contributed by atoms with Gasteiger partial charge in [0.15, 0.2) is 20.7 Å². The predicted octanol–water partition coefficient (Wildman–Crippen LogP) is -1.25. The fraction of sp³-hybridized carbons (Fsp3) is 0.500. The largest absolute Gasteiger partial charge is 0.394 e. The summed E-state index contributed by atoms with van der Waals surface area (Å²) < 4.78 is 47.9. The highest BCUT2D eigenvalue weighted by Gasteiger charge is 2.20. The number of nitrogens with one attached hydrogen (secondary N) is 1. The van der Waals surface area contributed by atoms with E-state index in [1.165, 1.54) is 17.9 Å². The lowest BCUT2D eigenvalue weighted by Gasteiger charge is -2.07. The molecular weight excluding hydrogens is 256 g/mol. The molecule has 0 saturated carbocycles. The van der Waals surface area contributed by atoms with Crippen LogP contribution in [-0.4, -0.2) is 38.0 Å². The molecule has 0 fully saturated rings. The van der Waals surface area contributed by atoms with Crippen LogP contribution in [0.1, 0.15) is 0 Å². The molecular formula is C6H12N4O4S2. The number of sulfone groups is 1. The number of anilines is 2. The summed E-state index contributed by atoms with van der Waals surface area (Å²) in [5.41, 5.74) is 5.58. The van der Waals surface area contributed by atoms with Crippen molar-refractivity contribution in [1.29, 1.82) is 0 Å². The molecule has 1 rings (SSSR count). The highest BCUT2D eigenvalue weighted by molar-refractivity contribution is 8.08. The zero-order valence-corrected chi connectivity index (χ0v) is 10.3. The third kappa shape index (κ3) is 3.38. The van der Waals surface area contributed by atoms with E-state index in [2.05, 4.69) is 9.82 Å². The average molecular weight is 268 g/mol. The van der Waals surface area contributed by atoms with E-state index in [9.17, 15) is 16.8 Å². The number of nitrogens with zero attached hydrogens (tertiary/aromatic N) is 2. The smallest absolute Gasteiger partial charge is 0.248 e. The lowest BCUT2D eigenvalue weighted by Crippen LogP contribution is -2.23. The Bertz CT molecular complexity index is 567. The topological polar surface area (TPSA) is 124 Å². The Morgan fingerprint density at radius 3 is 2.38 bits per heavy atom. The second-order valence-electron chi connectivity index (χ2n) is 3.33. The number of nitrogen functional groups attached to an aromatic ring is 1. The maximum absolute atomic E-state index is 11.4. The molecule has 0 atom stereocenters. The summed E-state index contributed by atoms with van der Waals surface area (Å²) >= 11 is 0. The van der Waals surface area contributed by atoms with Gasteiger partial charge < -0.3 is 5.73 Å². The Balaban J connectivity index is 2.99. The van der Waals surface area contributed by atoms with Crippen LogP contribution < -0.4 is 10.5 Å². The molecule has 1 aromatic heterocycles. The van der Waals surface area contributed by atoms with Crippen molar-refractivity contribution in [2.24, 2.45) is 7.05 Å². The van der Waals surface area contributed by atoms with E-state index in [1.807, 2.05) is 0 Å². The number of hydrogen-bond acceptors (Lipinski definition) is 6. The molecule has 0 spiro atoms. The first-order valence-corrected chi connectivity index (χ1v) is 7.78. The van der Waals surface area contributed by atoms with Gasteiger partial charge in [0.25, 0.3) is 0 Å². The molecule has 0 radical (unpaired) electrons. The maximum atomic E-state index is 11.4. The van der Waals surface area contributed by atoms with Gasteiger partial charge in [-0.1, -0.05) is 0 Å². The molecule has 0 saturated heterocycles. The third-order valence-corrected chi connectivity index (χ3v) is 5.05. The van der Waals surface area contributed by atoms with Crippen LogP contribution in [0.4, 0.5) is 11.5 Å². The molecule has 0 aliphatic heterocycles. The van der Waals surface area contributed by atoms with Gasteiger partial charge in [0.05, 0.1) is 11.9 Å². The van der Waals surface area contributed by atoms with Crippen LogP contribution in [0.25, 0.3) is 0 Å². The number of sulfonamides is 1. The van der Waals surface area contributed by atoms with Crippen LogP contribution in [-0.2, 0) is 26.9 Å². The van der Waals surface area contributed by atoms with E-state index < -0.39 is 24.9 Å². The van der Waals surface area contributed by atoms with E-state index in [0.717, 1.165) is 6.26 Å². The molecule has 1 aromatic rings. The second kappa shape index (κ2) is 3.94. The number of aromatic nitrogens is 2. The van der Waals surface area contributed by atoms with Crippen LogP contribution in [0.3, 0.4) is 0 Å². The van der Waals surface area contributed by atoms with Crippen LogP contribution in [0, 0.1) is 0 Å². The summed E-state index contributed by atoms with van der Waals surface area (Å²) in [5.74, 6) is 0.0450. The Labute approximate surface area is 93.4 Å². The number of hydrogen-bond donors (Lipinski definition) is 2. The Morgan fingerprint density at radius 1 is 1.44 bits per heavy atom. The Kier molecular flexibility index (Phi) is 3.15. The summed E-state index contributed by atoms with van der Waals surface area (Å²) in [6.45, 7) is 0. The summed E-state index contributed by atoms with van der Waals surface area (Å²) in [7, 11) is -6.14. The van der Waals surface area contributed by atoms with Crippen LogP contribution in [0.15, 0.2) is 6.20 Å². The second-order valence-corrected chi connectivity index (χ2v) is 7.56. The normalized spacial score (nSPS) is 12.6. The van der Waals surface area contributed by atoms with Crippen LogP contribution in [0.5, 0.6) is 0 Å². The third-order valence-electron chi connectivity index (χ3n) is 1.59. The zero-order chi connectivity index (χ0) is 12.6. The van der Waals surface area contributed by atoms with Crippen LogP contribution >= 0.6 is 0 Å². The molecule has 92 valence electrons. The van der Waals surface area contributed by atoms with Crippen molar-refractivity contribution >= 4 is 31.4 Å². The van der Waals surface area contributed by atoms with Gasteiger partial charge in [0.2, 0.25) is 10.0 Å². The summed E-state index contributed by atoms with van der Waals surface area (Å²) in [4.78, 5) is 0. The quantitative estimate of drug-likeness (QED) is 0.702. The van der Waals surface area contributed by atoms with Gasteiger partial charge in [-0.15, -0.1) is 0 Å². The van der Waals surface area contributed by atoms with Crippen molar-refractivity contribution in [1.82, 2.24) is 9.78 Å². The van der Waals surface area contributed by atoms with E-state index in [-0.39, 0.29) is 11.5 Å². The van der Waals surface area contributed by atoms with Gasteiger partial charge in [-0.05, 0) is 0 Å². The van der Waals surface area contributed by atoms with Gasteiger partial charge in [-0.3, -0.25) is 9.40 Å². The number of nitrogens with two attached hydrogens (primary N) is 1. The molecule has 0 amide bonds. The van der Waals surface area contributed by atoms with Crippen molar-refractivity contribution in [2.45, 2.75) is 0 Å². The average Bonchev–Trinajstić information content (AvgIpc) is 2.30. The molecule has 0 aromatic carbocycles. The van der Waals surface area contributed by atoms with Gasteiger partial charge in [-0.2, -0.15) is 5.10 Å². The van der Waals surface area contributed by atoms with Crippen molar-refractivity contribution < 1.29 is 16.8 Å². The fourth-order valence-corrected chi connectivity index (χ4v) is 4.07. The van der Waals surface area contributed by atoms with Crippen molar-refractivity contribution in [3.05, 3.63) is 6.20 Å². The SMILES string of the molecule is Cn1ncc(N)c1NS(=O)(=O)CS(C)(=O)=O. The standard InChI is InChI=1S/C6H12N4O4S2/c1-10-6(5(7)3-8-10)9-16(13,14)4-15(2,11)12/h3,9H,4,7H2,1-2H3. The molecule has 0 aliphatic carbocycles. The summed E-state index contributed by atoms with van der Waals surface area (Å²) in [5, 5.41) is 2.72. The minimum atomic E-state index is -3.99.